The number of nitrogens with zero attached hydrogens (tertiary/aromatic N) is 5. The zero-order valence-electron chi connectivity index (χ0n) is 16.8. The van der Waals surface area contributed by atoms with Crippen molar-refractivity contribution in [3.63, 3.8) is 0 Å². The summed E-state index contributed by atoms with van der Waals surface area (Å²) < 4.78 is 0. The highest BCUT2D eigenvalue weighted by atomic mass is 32.1. The number of likely N-dealkylation sites (N-methyl/N-ethyl adjacent to an activating group) is 1. The van der Waals surface area contributed by atoms with Gasteiger partial charge in [0.1, 0.15) is 5.69 Å². The van der Waals surface area contributed by atoms with Crippen LogP contribution in [0.5, 0.6) is 0 Å². The van der Waals surface area contributed by atoms with Crippen LogP contribution in [0, 0.1) is 5.92 Å². The summed E-state index contributed by atoms with van der Waals surface area (Å²) in [5.74, 6) is 0.558. The lowest BCUT2D eigenvalue weighted by molar-refractivity contribution is -0.139. The molecule has 1 atom stereocenters. The summed E-state index contributed by atoms with van der Waals surface area (Å²) in [4.78, 5) is 38.4. The molecule has 1 aromatic heterocycles. The standard InChI is InChI=1S/C20H31N5O2S/c1-22-9-11-24(12-10-22)19(26)16-3-2-6-25(13-16)17-4-7-23(8-5-17)20(27)18-14-28-15-21-18/h14-17H,2-13H2,1H3/t16-/m0/s1. The molecule has 3 aliphatic heterocycles. The Labute approximate surface area is 171 Å². The molecule has 4 heterocycles. The molecular formula is C20H31N5O2S. The van der Waals surface area contributed by atoms with E-state index in [1.54, 1.807) is 5.51 Å². The van der Waals surface area contributed by atoms with Gasteiger partial charge in [-0.1, -0.05) is 0 Å². The third kappa shape index (κ3) is 4.39. The quantitative estimate of drug-likeness (QED) is 0.757. The Hall–Kier alpha value is -1.51. The fourth-order valence-corrected chi connectivity index (χ4v) is 5.26. The number of piperazine rings is 1. The molecule has 0 spiro atoms. The molecule has 0 radical (unpaired) electrons. The van der Waals surface area contributed by atoms with E-state index in [0.29, 0.717) is 17.6 Å². The van der Waals surface area contributed by atoms with Crippen molar-refractivity contribution in [2.75, 3.05) is 59.4 Å². The average molecular weight is 406 g/mol. The van der Waals surface area contributed by atoms with Crippen LogP contribution in [0.2, 0.25) is 0 Å². The maximum atomic E-state index is 13.0. The predicted molar refractivity (Wildman–Crippen MR) is 109 cm³/mol. The Morgan fingerprint density at radius 1 is 1.00 bits per heavy atom. The highest BCUT2D eigenvalue weighted by Crippen LogP contribution is 2.26. The van der Waals surface area contributed by atoms with Crippen LogP contribution in [0.3, 0.4) is 0 Å². The second-order valence-corrected chi connectivity index (χ2v) is 9.08. The maximum Gasteiger partial charge on any atom is 0.273 e. The van der Waals surface area contributed by atoms with Crippen LogP contribution in [0.1, 0.15) is 36.2 Å². The van der Waals surface area contributed by atoms with Crippen molar-refractivity contribution in [3.8, 4) is 0 Å². The van der Waals surface area contributed by atoms with Crippen molar-refractivity contribution >= 4 is 23.2 Å². The summed E-state index contributed by atoms with van der Waals surface area (Å²) in [5.41, 5.74) is 2.28. The minimum atomic E-state index is 0.0569. The molecule has 3 aliphatic rings. The molecule has 28 heavy (non-hydrogen) atoms. The van der Waals surface area contributed by atoms with E-state index in [9.17, 15) is 9.59 Å². The summed E-state index contributed by atoms with van der Waals surface area (Å²) in [6.45, 7) is 7.23. The second kappa shape index (κ2) is 8.88. The zero-order valence-corrected chi connectivity index (χ0v) is 17.6. The maximum absolute atomic E-state index is 13.0. The largest absolute Gasteiger partial charge is 0.340 e. The molecule has 2 amide bonds. The van der Waals surface area contributed by atoms with Gasteiger partial charge in [0.25, 0.3) is 5.91 Å². The SMILES string of the molecule is CN1CCN(C(=O)[C@H]2CCCN(C3CCN(C(=O)c4cscn4)CC3)C2)CC1. The Kier molecular flexibility index (Phi) is 6.28. The van der Waals surface area contributed by atoms with Crippen molar-refractivity contribution < 1.29 is 9.59 Å². The normalized spacial score (nSPS) is 25.8. The summed E-state index contributed by atoms with van der Waals surface area (Å²) in [7, 11) is 2.12. The lowest BCUT2D eigenvalue weighted by Gasteiger charge is -2.43. The summed E-state index contributed by atoms with van der Waals surface area (Å²) in [6, 6.07) is 0.488. The van der Waals surface area contributed by atoms with E-state index in [1.807, 2.05) is 10.3 Å². The number of hydrogen-bond donors (Lipinski definition) is 0. The Balaban J connectivity index is 1.28. The molecular weight excluding hydrogens is 374 g/mol. The lowest BCUT2D eigenvalue weighted by Crippen LogP contribution is -2.54. The Morgan fingerprint density at radius 2 is 1.75 bits per heavy atom. The second-order valence-electron chi connectivity index (χ2n) is 8.36. The number of piperidine rings is 2. The summed E-state index contributed by atoms with van der Waals surface area (Å²) in [5, 5.41) is 1.83. The summed E-state index contributed by atoms with van der Waals surface area (Å²) in [6.07, 6.45) is 4.10. The van der Waals surface area contributed by atoms with Crippen molar-refractivity contribution in [2.24, 2.45) is 5.92 Å². The van der Waals surface area contributed by atoms with Crippen LogP contribution in [0.25, 0.3) is 0 Å². The minimum Gasteiger partial charge on any atom is -0.340 e. The molecule has 3 saturated heterocycles. The molecule has 0 aliphatic carbocycles. The number of thiazole rings is 1. The molecule has 8 heteroatoms. The zero-order chi connectivity index (χ0) is 19.5. The third-order valence-corrected chi connectivity index (χ3v) is 7.12. The van der Waals surface area contributed by atoms with Crippen LogP contribution in [0.4, 0.5) is 0 Å². The van der Waals surface area contributed by atoms with E-state index < -0.39 is 0 Å². The van der Waals surface area contributed by atoms with Gasteiger partial charge in [0.15, 0.2) is 0 Å². The molecule has 1 aromatic rings. The molecule has 0 saturated carbocycles. The van der Waals surface area contributed by atoms with Crippen LogP contribution in [0.15, 0.2) is 10.9 Å². The van der Waals surface area contributed by atoms with Gasteiger partial charge in [-0.25, -0.2) is 4.98 Å². The molecule has 154 valence electrons. The summed E-state index contributed by atoms with van der Waals surface area (Å²) >= 11 is 1.46. The number of carbonyl (C=O) groups is 2. The van der Waals surface area contributed by atoms with Crippen molar-refractivity contribution in [1.82, 2.24) is 24.6 Å². The Bertz CT molecular complexity index is 666. The van der Waals surface area contributed by atoms with Crippen molar-refractivity contribution in [1.29, 1.82) is 0 Å². The first-order valence-electron chi connectivity index (χ1n) is 10.5. The first-order valence-corrected chi connectivity index (χ1v) is 11.4. The van der Waals surface area contributed by atoms with Crippen LogP contribution in [-0.4, -0.2) is 102 Å². The fraction of sp³-hybridized carbons (Fsp3) is 0.750. The highest BCUT2D eigenvalue weighted by molar-refractivity contribution is 7.07. The van der Waals surface area contributed by atoms with Gasteiger partial charge in [-0.15, -0.1) is 11.3 Å². The molecule has 4 rings (SSSR count). The van der Waals surface area contributed by atoms with Gasteiger partial charge >= 0.3 is 0 Å². The van der Waals surface area contributed by atoms with Crippen LogP contribution >= 0.6 is 11.3 Å². The van der Waals surface area contributed by atoms with Gasteiger partial charge in [0.05, 0.1) is 11.4 Å². The van der Waals surface area contributed by atoms with Crippen LogP contribution in [-0.2, 0) is 4.79 Å². The highest BCUT2D eigenvalue weighted by Gasteiger charge is 2.35. The molecule has 0 bridgehead atoms. The van der Waals surface area contributed by atoms with Gasteiger partial charge in [-0.3, -0.25) is 14.5 Å². The molecule has 0 unspecified atom stereocenters. The van der Waals surface area contributed by atoms with E-state index >= 15 is 0 Å². The van der Waals surface area contributed by atoms with E-state index in [2.05, 4.69) is 26.7 Å². The van der Waals surface area contributed by atoms with Crippen molar-refractivity contribution in [3.05, 3.63) is 16.6 Å². The van der Waals surface area contributed by atoms with E-state index in [0.717, 1.165) is 78.0 Å². The number of likely N-dealkylation sites (tertiary alicyclic amines) is 2. The van der Waals surface area contributed by atoms with E-state index in [1.165, 1.54) is 11.3 Å². The number of rotatable bonds is 3. The number of carbonyl (C=O) groups excluding carboxylic acids is 2. The van der Waals surface area contributed by atoms with Crippen molar-refractivity contribution in [2.45, 2.75) is 31.7 Å². The van der Waals surface area contributed by atoms with E-state index in [4.69, 9.17) is 0 Å². The topological polar surface area (TPSA) is 60.0 Å². The fourth-order valence-electron chi connectivity index (χ4n) is 4.74. The molecule has 0 N–H and O–H groups in total. The average Bonchev–Trinajstić information content (AvgIpc) is 3.28. The van der Waals surface area contributed by atoms with Gasteiger partial charge in [-0.05, 0) is 39.3 Å². The minimum absolute atomic E-state index is 0.0569. The molecule has 7 nitrogen and oxygen atoms in total. The van der Waals surface area contributed by atoms with E-state index in [-0.39, 0.29) is 11.8 Å². The smallest absolute Gasteiger partial charge is 0.273 e. The van der Waals surface area contributed by atoms with Gasteiger partial charge in [-0.2, -0.15) is 0 Å². The predicted octanol–water partition coefficient (Wildman–Crippen LogP) is 1.23. The number of hydrogen-bond acceptors (Lipinski definition) is 6. The molecule has 0 aromatic carbocycles. The lowest BCUT2D eigenvalue weighted by atomic mass is 9.92. The first kappa shape index (κ1) is 19.8. The monoisotopic (exact) mass is 405 g/mol. The molecule has 3 fully saturated rings. The van der Waals surface area contributed by atoms with Gasteiger partial charge in [0.2, 0.25) is 5.91 Å². The van der Waals surface area contributed by atoms with Crippen LogP contribution < -0.4 is 0 Å². The van der Waals surface area contributed by atoms with Gasteiger partial charge < -0.3 is 14.7 Å². The van der Waals surface area contributed by atoms with Gasteiger partial charge in [0, 0.05) is 57.2 Å². The number of amides is 2. The Morgan fingerprint density at radius 3 is 2.43 bits per heavy atom. The number of aromatic nitrogens is 1. The first-order chi connectivity index (χ1) is 13.6. The third-order valence-electron chi connectivity index (χ3n) is 6.54.